The second-order valence-electron chi connectivity index (χ2n) is 15.7. The Hall–Kier alpha value is -4.75. The Labute approximate surface area is 441 Å². The quantitative estimate of drug-likeness (QED) is 0.0183. The molecule has 1 aliphatic carbocycles. The Morgan fingerprint density at radius 3 is 1.08 bits per heavy atom. The molecule has 1 saturated carbocycles. The lowest BCUT2D eigenvalue weighted by Gasteiger charge is -2.46. The van der Waals surface area contributed by atoms with Crippen LogP contribution in [0, 0.1) is 10.1 Å². The number of phosphoric ester groups is 3. The summed E-state index contributed by atoms with van der Waals surface area (Å²) in [6.45, 7) is 3.05. The highest BCUT2D eigenvalue weighted by Gasteiger charge is 2.65. The molecule has 0 amide bonds. The number of carbonyl (C=O) groups excluding carboxylic acids is 6. The number of fused-ring (bicyclic) bond motifs is 1. The molecule has 35 heteroatoms. The van der Waals surface area contributed by atoms with Crippen LogP contribution in [0.2, 0.25) is 0 Å². The Morgan fingerprint density at radius 2 is 0.792 bits per heavy atom. The van der Waals surface area contributed by atoms with Crippen LogP contribution in [0.5, 0.6) is 11.5 Å². The van der Waals surface area contributed by atoms with Crippen molar-refractivity contribution in [2.24, 2.45) is 0 Å². The van der Waals surface area contributed by atoms with Crippen LogP contribution < -0.4 is 9.47 Å². The molecule has 0 N–H and O–H groups in total. The monoisotopic (exact) mass is 1170 g/mol. The minimum atomic E-state index is -5.56. The van der Waals surface area contributed by atoms with E-state index in [9.17, 15) is 48.0 Å². The summed E-state index contributed by atoms with van der Waals surface area (Å²) < 4.78 is 155. The van der Waals surface area contributed by atoms with Crippen LogP contribution in [-0.4, -0.2) is 138 Å². The number of hydrogen-bond acceptors (Lipinski definition) is 31. The molecule has 0 aromatic heterocycles. The van der Waals surface area contributed by atoms with Crippen LogP contribution in [0.15, 0.2) is 12.1 Å². The van der Waals surface area contributed by atoms with E-state index in [1.54, 1.807) is 0 Å². The molecule has 0 bridgehead atoms. The number of rotatable bonds is 36. The molecule has 0 radical (unpaired) electrons. The summed E-state index contributed by atoms with van der Waals surface area (Å²) in [5.41, 5.74) is -0.986. The summed E-state index contributed by atoms with van der Waals surface area (Å²) >= 11 is 0. The smallest absolute Gasteiger partial charge is 0.481 e. The lowest BCUT2D eigenvalue weighted by molar-refractivity contribution is -0.386. The Kier molecular flexibility index (Phi) is 27.4. The van der Waals surface area contributed by atoms with Gasteiger partial charge in [0.05, 0.1) is 37.4 Å². The van der Waals surface area contributed by atoms with Crippen LogP contribution in [0.25, 0.3) is 0 Å². The molecule has 438 valence electrons. The molecule has 2 fully saturated rings. The molecule has 32 nitrogen and oxygen atoms in total. The van der Waals surface area contributed by atoms with Gasteiger partial charge < -0.3 is 52.1 Å². The Morgan fingerprint density at radius 1 is 0.506 bits per heavy atom. The van der Waals surface area contributed by atoms with E-state index in [4.69, 9.17) is 92.8 Å². The van der Waals surface area contributed by atoms with Crippen LogP contribution in [0.3, 0.4) is 0 Å². The van der Waals surface area contributed by atoms with E-state index in [0.717, 1.165) is 12.1 Å². The van der Waals surface area contributed by atoms with E-state index in [-0.39, 0.29) is 55.6 Å². The standard InChI is InChI=1S/C42H64NO31P3/c1-11-30(44)58-20-64-75(52,65-21-59-31(45)12-2)72-39-36(57-19-26-17-28(55-9)29(56-10)18-27(26)43(50)51)40(73-76(53,66-22-60-32(46)13-3)67-23-61-33(47)14-4)41(38-37(39)70-42(7,8)71-38)74-77(54,68-24-62-34(48)15-5)69-25-63-35(49)16-6/h17-18,36-41H,11-16,19-25H2,1-10H3/t36-,37+,38-,39-,40+,41+/m1/s1. The lowest BCUT2D eigenvalue weighted by atomic mass is 9.85. The molecule has 2 aliphatic rings. The number of benzene rings is 1. The van der Waals surface area contributed by atoms with E-state index in [2.05, 4.69) is 0 Å². The first-order valence-corrected chi connectivity index (χ1v) is 27.8. The van der Waals surface area contributed by atoms with Crippen molar-refractivity contribution in [3.8, 4) is 11.5 Å². The van der Waals surface area contributed by atoms with Gasteiger partial charge in [0.2, 0.25) is 40.8 Å². The summed E-state index contributed by atoms with van der Waals surface area (Å²) in [6, 6.07) is 2.09. The largest absolute Gasteiger partial charge is 0.493 e. The van der Waals surface area contributed by atoms with Crippen molar-refractivity contribution in [3.63, 3.8) is 0 Å². The zero-order valence-electron chi connectivity index (χ0n) is 43.8. The van der Waals surface area contributed by atoms with Gasteiger partial charge in [0.25, 0.3) is 5.69 Å². The van der Waals surface area contributed by atoms with E-state index >= 15 is 4.57 Å². The van der Waals surface area contributed by atoms with Crippen molar-refractivity contribution in [1.29, 1.82) is 0 Å². The van der Waals surface area contributed by atoms with Gasteiger partial charge in [-0.2, -0.15) is 0 Å². The molecule has 1 heterocycles. The zero-order chi connectivity index (χ0) is 57.6. The molecule has 6 atom stereocenters. The molecule has 1 aliphatic heterocycles. The number of nitrogens with zero attached hydrogens (tertiary/aromatic N) is 1. The van der Waals surface area contributed by atoms with Gasteiger partial charge >= 0.3 is 59.3 Å². The molecule has 1 aromatic carbocycles. The third kappa shape index (κ3) is 21.1. The van der Waals surface area contributed by atoms with Crippen molar-refractivity contribution in [1.82, 2.24) is 0 Å². The summed E-state index contributed by atoms with van der Waals surface area (Å²) in [5.74, 6) is -7.37. The number of nitro groups is 1. The number of ether oxygens (including phenoxy) is 11. The Balaban J connectivity index is 2.50. The van der Waals surface area contributed by atoms with Crippen molar-refractivity contribution >= 4 is 65.0 Å². The fraction of sp³-hybridized carbons (Fsp3) is 0.714. The molecule has 0 unspecified atom stereocenters. The number of esters is 6. The number of phosphoric acid groups is 3. The first-order valence-electron chi connectivity index (χ1n) is 23.4. The highest BCUT2D eigenvalue weighted by molar-refractivity contribution is 7.49. The highest BCUT2D eigenvalue weighted by atomic mass is 31.2. The second kappa shape index (κ2) is 31.7. The van der Waals surface area contributed by atoms with Crippen molar-refractivity contribution in [2.45, 2.75) is 143 Å². The maximum absolute atomic E-state index is 15.0. The van der Waals surface area contributed by atoms with Gasteiger partial charge in [-0.1, -0.05) is 41.5 Å². The number of carbonyl (C=O) groups is 6. The molecule has 3 rings (SSSR count). The first-order chi connectivity index (χ1) is 36.4. The van der Waals surface area contributed by atoms with Gasteiger partial charge in [0.15, 0.2) is 17.3 Å². The molecule has 0 spiro atoms. The zero-order valence-corrected chi connectivity index (χ0v) is 46.4. The molecular weight excluding hydrogens is 1110 g/mol. The van der Waals surface area contributed by atoms with Crippen molar-refractivity contribution < 1.29 is 140 Å². The van der Waals surface area contributed by atoms with Crippen LogP contribution in [0.1, 0.15) is 99.5 Å². The normalized spacial score (nSPS) is 20.0. The predicted octanol–water partition coefficient (Wildman–Crippen LogP) is 6.07. The fourth-order valence-corrected chi connectivity index (χ4v) is 9.59. The molecule has 1 aromatic rings. The van der Waals surface area contributed by atoms with E-state index in [1.165, 1.54) is 69.6 Å². The summed E-state index contributed by atoms with van der Waals surface area (Å²) in [7, 11) is -14.0. The average molecular weight is 1170 g/mol. The van der Waals surface area contributed by atoms with E-state index in [0.29, 0.717) is 0 Å². The topological polar surface area (TPSA) is 381 Å². The van der Waals surface area contributed by atoms with Crippen LogP contribution >= 0.6 is 23.5 Å². The van der Waals surface area contributed by atoms with Crippen LogP contribution in [0.4, 0.5) is 5.69 Å². The highest BCUT2D eigenvalue weighted by Crippen LogP contribution is 2.60. The van der Waals surface area contributed by atoms with Gasteiger partial charge in [0.1, 0.15) is 36.6 Å². The van der Waals surface area contributed by atoms with Gasteiger partial charge in [-0.25, -0.2) is 40.8 Å². The first kappa shape index (κ1) is 66.5. The molecule has 1 saturated heterocycles. The summed E-state index contributed by atoms with van der Waals surface area (Å²) in [4.78, 5) is 85.1. The third-order valence-electron chi connectivity index (χ3n) is 10.1. The second-order valence-corrected chi connectivity index (χ2v) is 20.6. The maximum atomic E-state index is 15.0. The Bertz CT molecular complexity index is 2240. The summed E-state index contributed by atoms with van der Waals surface area (Å²) in [5, 5.41) is 12.6. The number of nitro benzene ring substituents is 1. The molecular formula is C42H64NO31P3. The minimum absolute atomic E-state index is 0.0802. The van der Waals surface area contributed by atoms with Gasteiger partial charge in [0, 0.05) is 38.5 Å². The van der Waals surface area contributed by atoms with Gasteiger partial charge in [-0.15, -0.1) is 0 Å². The lowest BCUT2D eigenvalue weighted by Crippen LogP contribution is -2.65. The van der Waals surface area contributed by atoms with E-state index in [1.807, 2.05) is 0 Å². The minimum Gasteiger partial charge on any atom is -0.493 e. The van der Waals surface area contributed by atoms with Crippen LogP contribution in [-0.2, 0) is 132 Å². The maximum Gasteiger partial charge on any atom is 0.481 e. The average Bonchev–Trinajstić information content (AvgIpc) is 3.74. The van der Waals surface area contributed by atoms with Gasteiger partial charge in [-0.05, 0) is 19.9 Å². The van der Waals surface area contributed by atoms with Gasteiger partial charge in [-0.3, -0.25) is 52.5 Å². The van der Waals surface area contributed by atoms with Crippen molar-refractivity contribution in [3.05, 3.63) is 27.8 Å². The number of hydrogen-bond donors (Lipinski definition) is 0. The molecule has 77 heavy (non-hydrogen) atoms. The third-order valence-corrected chi connectivity index (χ3v) is 14.1. The summed E-state index contributed by atoms with van der Waals surface area (Å²) in [6.07, 6.45) is -14.2. The fourth-order valence-electron chi connectivity index (χ4n) is 6.30. The SMILES string of the molecule is CCC(=O)OCOP(=O)(OCOC(=O)CC)O[C@@H]1[C@@H](OCc2cc(OC)c(OC)cc2[N+](=O)[O-])[C@H](OP(=O)(OCOC(=O)CC)OCOC(=O)CC)[C@@H](OP(=O)(OCOC(=O)CC)OCOC(=O)CC)[C@@H]2OC(C)(C)O[C@@H]21. The number of methoxy groups -OCH3 is 2. The predicted molar refractivity (Wildman–Crippen MR) is 250 cm³/mol. The van der Waals surface area contributed by atoms with Crippen molar-refractivity contribution in [2.75, 3.05) is 55.0 Å². The van der Waals surface area contributed by atoms with E-state index < -0.39 is 160 Å².